The van der Waals surface area contributed by atoms with Crippen LogP contribution in [0.15, 0.2) is 47.7 Å². The van der Waals surface area contributed by atoms with E-state index in [9.17, 15) is 0 Å². The Bertz CT molecular complexity index is 753. The summed E-state index contributed by atoms with van der Waals surface area (Å²) >= 11 is 0. The summed E-state index contributed by atoms with van der Waals surface area (Å²) in [6.45, 7) is 6.23. The molecule has 152 valence electrons. The third kappa shape index (κ3) is 5.05. The van der Waals surface area contributed by atoms with E-state index in [-0.39, 0.29) is 24.0 Å². The van der Waals surface area contributed by atoms with Crippen LogP contribution in [0.3, 0.4) is 0 Å². The Balaban J connectivity index is 0.00000225. The van der Waals surface area contributed by atoms with Crippen LogP contribution in [0, 0.1) is 0 Å². The Labute approximate surface area is 185 Å². The minimum Gasteiger partial charge on any atom is -0.349 e. The van der Waals surface area contributed by atoms with Gasteiger partial charge in [-0.25, -0.2) is 4.98 Å². The third-order valence-electron chi connectivity index (χ3n) is 5.73. The minimum absolute atomic E-state index is 0. The van der Waals surface area contributed by atoms with Crippen LogP contribution < -0.4 is 5.32 Å². The van der Waals surface area contributed by atoms with Gasteiger partial charge in [-0.05, 0) is 37.9 Å². The zero-order valence-corrected chi connectivity index (χ0v) is 19.0. The zero-order chi connectivity index (χ0) is 18.5. The fourth-order valence-corrected chi connectivity index (χ4v) is 4.26. The fourth-order valence-electron chi connectivity index (χ4n) is 4.26. The number of benzene rings is 1. The highest BCUT2D eigenvalue weighted by Gasteiger charge is 2.30. The van der Waals surface area contributed by atoms with Crippen LogP contribution in [0.4, 0.5) is 0 Å². The lowest BCUT2D eigenvalue weighted by Gasteiger charge is -2.25. The van der Waals surface area contributed by atoms with Crippen molar-refractivity contribution in [1.82, 2.24) is 24.7 Å². The van der Waals surface area contributed by atoms with E-state index >= 15 is 0 Å². The summed E-state index contributed by atoms with van der Waals surface area (Å²) in [5, 5.41) is 3.53. The molecule has 1 atom stereocenters. The van der Waals surface area contributed by atoms with Gasteiger partial charge < -0.3 is 14.8 Å². The maximum Gasteiger partial charge on any atom is 0.194 e. The van der Waals surface area contributed by atoms with Crippen LogP contribution in [0.2, 0.25) is 0 Å². The quantitative estimate of drug-likeness (QED) is 0.395. The zero-order valence-electron chi connectivity index (χ0n) is 16.6. The van der Waals surface area contributed by atoms with E-state index in [2.05, 4.69) is 60.0 Å². The number of guanidine groups is 1. The molecule has 7 heteroatoms. The van der Waals surface area contributed by atoms with Crippen molar-refractivity contribution in [2.75, 3.05) is 33.2 Å². The second kappa shape index (κ2) is 10.2. The summed E-state index contributed by atoms with van der Waals surface area (Å²) in [5.74, 6) is 2.03. The van der Waals surface area contributed by atoms with E-state index in [1.165, 1.54) is 37.9 Å². The van der Waals surface area contributed by atoms with Gasteiger partial charge in [0.1, 0.15) is 5.82 Å². The molecule has 3 heterocycles. The van der Waals surface area contributed by atoms with Gasteiger partial charge in [-0.1, -0.05) is 30.3 Å². The highest BCUT2D eigenvalue weighted by molar-refractivity contribution is 14.0. The summed E-state index contributed by atoms with van der Waals surface area (Å²) in [6.07, 6.45) is 7.87. The molecule has 2 fully saturated rings. The van der Waals surface area contributed by atoms with Crippen molar-refractivity contribution in [3.8, 4) is 0 Å². The number of halogens is 1. The van der Waals surface area contributed by atoms with Crippen LogP contribution in [0.5, 0.6) is 0 Å². The summed E-state index contributed by atoms with van der Waals surface area (Å²) in [5.41, 5.74) is 1.29. The van der Waals surface area contributed by atoms with Crippen LogP contribution >= 0.6 is 24.0 Å². The molecular formula is C21H31IN6. The van der Waals surface area contributed by atoms with Crippen molar-refractivity contribution in [2.45, 2.75) is 38.4 Å². The molecule has 1 N–H and O–H groups in total. The molecule has 2 aromatic rings. The van der Waals surface area contributed by atoms with Crippen molar-refractivity contribution >= 4 is 29.9 Å². The third-order valence-corrected chi connectivity index (χ3v) is 5.73. The molecule has 6 nitrogen and oxygen atoms in total. The average molecular weight is 494 g/mol. The maximum atomic E-state index is 4.54. The van der Waals surface area contributed by atoms with E-state index in [1.54, 1.807) is 0 Å². The van der Waals surface area contributed by atoms with E-state index in [0.717, 1.165) is 31.4 Å². The van der Waals surface area contributed by atoms with Gasteiger partial charge >= 0.3 is 0 Å². The van der Waals surface area contributed by atoms with Crippen LogP contribution in [-0.4, -0.2) is 64.6 Å². The van der Waals surface area contributed by atoms with Crippen molar-refractivity contribution in [3.05, 3.63) is 54.1 Å². The second-order valence-corrected chi connectivity index (χ2v) is 7.49. The number of hydrogen-bond acceptors (Lipinski definition) is 3. The normalized spacial score (nSPS) is 20.4. The van der Waals surface area contributed by atoms with Crippen LogP contribution in [-0.2, 0) is 13.1 Å². The lowest BCUT2D eigenvalue weighted by molar-refractivity contribution is 0.249. The first-order valence-corrected chi connectivity index (χ1v) is 10.1. The first kappa shape index (κ1) is 21.1. The second-order valence-electron chi connectivity index (χ2n) is 7.49. The first-order valence-electron chi connectivity index (χ1n) is 10.1. The van der Waals surface area contributed by atoms with Crippen LogP contribution in [0.25, 0.3) is 0 Å². The number of nitrogens with zero attached hydrogens (tertiary/aromatic N) is 5. The topological polar surface area (TPSA) is 48.7 Å². The summed E-state index contributed by atoms with van der Waals surface area (Å²) in [4.78, 5) is 14.1. The minimum atomic E-state index is 0. The van der Waals surface area contributed by atoms with E-state index < -0.39 is 0 Å². The number of aromatic nitrogens is 2. The van der Waals surface area contributed by atoms with Gasteiger partial charge in [0.05, 0.1) is 6.54 Å². The Morgan fingerprint density at radius 2 is 1.96 bits per heavy atom. The molecule has 1 aromatic carbocycles. The highest BCUT2D eigenvalue weighted by Crippen LogP contribution is 2.20. The first-order chi connectivity index (χ1) is 13.3. The molecule has 2 saturated heterocycles. The van der Waals surface area contributed by atoms with Gasteiger partial charge in [0.2, 0.25) is 0 Å². The summed E-state index contributed by atoms with van der Waals surface area (Å²) in [7, 11) is 1.88. The predicted molar refractivity (Wildman–Crippen MR) is 124 cm³/mol. The molecule has 0 amide bonds. The standard InChI is InChI=1S/C21H30N6.HI/c1-22-21(27-13-9-19(17-27)25-11-5-6-12-25)24-15-20-23-10-14-26(20)16-18-7-3-2-4-8-18;/h2-4,7-8,10,14,19H,5-6,9,11-13,15-17H2,1H3,(H,22,24);1H. The molecule has 4 rings (SSSR count). The average Bonchev–Trinajstić information content (AvgIpc) is 3.45. The Morgan fingerprint density at radius 1 is 1.18 bits per heavy atom. The van der Waals surface area contributed by atoms with Gasteiger partial charge in [-0.15, -0.1) is 24.0 Å². The number of hydrogen-bond donors (Lipinski definition) is 1. The fraction of sp³-hybridized carbons (Fsp3) is 0.524. The van der Waals surface area contributed by atoms with Crippen molar-refractivity contribution in [1.29, 1.82) is 0 Å². The van der Waals surface area contributed by atoms with Gasteiger partial charge in [0, 0.05) is 45.1 Å². The molecule has 2 aliphatic heterocycles. The Morgan fingerprint density at radius 3 is 2.71 bits per heavy atom. The van der Waals surface area contributed by atoms with Crippen molar-refractivity contribution in [2.24, 2.45) is 4.99 Å². The molecule has 0 bridgehead atoms. The molecule has 0 aliphatic carbocycles. The number of likely N-dealkylation sites (tertiary alicyclic amines) is 2. The highest BCUT2D eigenvalue weighted by atomic mass is 127. The van der Waals surface area contributed by atoms with Crippen molar-refractivity contribution in [3.63, 3.8) is 0 Å². The van der Waals surface area contributed by atoms with E-state index in [0.29, 0.717) is 12.6 Å². The Hall–Kier alpha value is -1.61. The summed E-state index contributed by atoms with van der Waals surface area (Å²) < 4.78 is 2.20. The molecule has 1 unspecified atom stereocenters. The number of imidazole rings is 1. The smallest absolute Gasteiger partial charge is 0.194 e. The summed E-state index contributed by atoms with van der Waals surface area (Å²) in [6, 6.07) is 11.2. The number of rotatable bonds is 5. The van der Waals surface area contributed by atoms with Gasteiger partial charge in [-0.3, -0.25) is 9.89 Å². The number of nitrogens with one attached hydrogen (secondary N) is 1. The molecule has 0 radical (unpaired) electrons. The number of aliphatic imine (C=N–C) groups is 1. The van der Waals surface area contributed by atoms with Gasteiger partial charge in [-0.2, -0.15) is 0 Å². The largest absolute Gasteiger partial charge is 0.349 e. The maximum absolute atomic E-state index is 4.54. The monoisotopic (exact) mass is 494 g/mol. The molecule has 1 aromatic heterocycles. The van der Waals surface area contributed by atoms with E-state index in [1.807, 2.05) is 19.4 Å². The lowest BCUT2D eigenvalue weighted by Crippen LogP contribution is -2.42. The Kier molecular flexibility index (Phi) is 7.73. The van der Waals surface area contributed by atoms with Gasteiger partial charge in [0.25, 0.3) is 0 Å². The predicted octanol–water partition coefficient (Wildman–Crippen LogP) is 2.79. The van der Waals surface area contributed by atoms with Crippen molar-refractivity contribution < 1.29 is 0 Å². The molecule has 0 saturated carbocycles. The lowest BCUT2D eigenvalue weighted by atomic mass is 10.2. The van der Waals surface area contributed by atoms with Crippen LogP contribution in [0.1, 0.15) is 30.7 Å². The molecular weight excluding hydrogens is 463 g/mol. The molecule has 2 aliphatic rings. The molecule has 0 spiro atoms. The molecule has 28 heavy (non-hydrogen) atoms. The SMILES string of the molecule is CN=C(NCc1nccn1Cc1ccccc1)N1CCC(N2CCCC2)C1.I. The van der Waals surface area contributed by atoms with Gasteiger partial charge in [0.15, 0.2) is 5.96 Å². The van der Waals surface area contributed by atoms with E-state index in [4.69, 9.17) is 0 Å².